The quantitative estimate of drug-likeness (QED) is 0.333. The molecule has 0 radical (unpaired) electrons. The summed E-state index contributed by atoms with van der Waals surface area (Å²) < 4.78 is 5.21. The molecule has 1 aromatic carbocycles. The van der Waals surface area contributed by atoms with Gasteiger partial charge < -0.3 is 52.7 Å². The predicted octanol–water partition coefficient (Wildman–Crippen LogP) is -3.91. The average Bonchev–Trinajstić information content (AvgIpc) is 1.91. The first-order valence-electron chi connectivity index (χ1n) is 3.11. The van der Waals surface area contributed by atoms with E-state index in [1.807, 2.05) is 37.3 Å². The van der Waals surface area contributed by atoms with E-state index >= 15 is 0 Å². The van der Waals surface area contributed by atoms with Gasteiger partial charge in [0, 0.05) is 0 Å². The molecule has 4 heteroatoms. The van der Waals surface area contributed by atoms with Crippen LogP contribution >= 0.6 is 0 Å². The molecule has 0 aliphatic rings. The largest absolute Gasteiger partial charge is 2.00 e. The summed E-state index contributed by atoms with van der Waals surface area (Å²) >= 11 is 0. The fourth-order valence-corrected chi connectivity index (χ4v) is 0.683. The van der Waals surface area contributed by atoms with E-state index in [-0.39, 0.29) is 67.7 Å². The van der Waals surface area contributed by atoms with Gasteiger partial charge >= 0.3 is 19.8 Å². The van der Waals surface area contributed by atoms with Crippen molar-refractivity contribution in [2.75, 3.05) is 6.61 Å². The van der Waals surface area contributed by atoms with Crippen LogP contribution < -0.4 is 52.7 Å². The Labute approximate surface area is 121 Å². The van der Waals surface area contributed by atoms with Crippen LogP contribution in [0.4, 0.5) is 0 Å². The first kappa shape index (κ1) is 18.8. The van der Waals surface area contributed by atoms with Gasteiger partial charge in [-0.1, -0.05) is 18.2 Å². The first-order chi connectivity index (χ1) is 4.43. The van der Waals surface area contributed by atoms with Gasteiger partial charge in [0.05, 0.1) is 6.61 Å². The summed E-state index contributed by atoms with van der Waals surface area (Å²) in [6.07, 6.45) is 0. The number of benzene rings is 1. The Hall–Kier alpha value is 1.12. The van der Waals surface area contributed by atoms with Crippen molar-refractivity contribution in [2.45, 2.75) is 6.92 Å². The number of rotatable bonds is 2. The number of halogens is 2. The summed E-state index contributed by atoms with van der Waals surface area (Å²) in [4.78, 5) is 0. The van der Waals surface area contributed by atoms with Crippen molar-refractivity contribution in [1.82, 2.24) is 0 Å². The van der Waals surface area contributed by atoms with Crippen LogP contribution in [0, 0.1) is 0 Å². The molecule has 0 aliphatic heterocycles. The smallest absolute Gasteiger partial charge is 1.00 e. The van der Waals surface area contributed by atoms with E-state index in [0.717, 1.165) is 12.4 Å². The van der Waals surface area contributed by atoms with E-state index in [1.165, 1.54) is 0 Å². The van der Waals surface area contributed by atoms with Gasteiger partial charge in [-0.25, -0.2) is 0 Å². The SMILES string of the molecule is CCOc1ccccc1.[I-].[I-].[Os+2]. The third kappa shape index (κ3) is 7.75. The second kappa shape index (κ2) is 12.1. The van der Waals surface area contributed by atoms with Gasteiger partial charge in [-0.2, -0.15) is 0 Å². The Kier molecular flexibility index (Phi) is 19.0. The van der Waals surface area contributed by atoms with E-state index < -0.39 is 0 Å². The van der Waals surface area contributed by atoms with Crippen molar-refractivity contribution >= 4 is 0 Å². The number of para-hydroxylation sites is 1. The van der Waals surface area contributed by atoms with E-state index in [4.69, 9.17) is 4.74 Å². The van der Waals surface area contributed by atoms with Gasteiger partial charge in [0.25, 0.3) is 0 Å². The van der Waals surface area contributed by atoms with E-state index in [2.05, 4.69) is 0 Å². The summed E-state index contributed by atoms with van der Waals surface area (Å²) in [5, 5.41) is 0. The summed E-state index contributed by atoms with van der Waals surface area (Å²) in [7, 11) is 0. The standard InChI is InChI=1S/C8H10O.2HI.Os/c1-2-9-8-6-4-3-5-7-8;;;/h3-7H,2H2,1H3;2*1H;/q;;;+2/p-2. The molecule has 0 saturated heterocycles. The van der Waals surface area contributed by atoms with Crippen LogP contribution in [0.1, 0.15) is 6.92 Å². The molecule has 0 spiro atoms. The monoisotopic (exact) mass is 568 g/mol. The number of ether oxygens (including phenoxy) is 1. The molecule has 0 saturated carbocycles. The van der Waals surface area contributed by atoms with Crippen LogP contribution in [0.5, 0.6) is 5.75 Å². The summed E-state index contributed by atoms with van der Waals surface area (Å²) in [6, 6.07) is 9.80. The molecule has 70 valence electrons. The van der Waals surface area contributed by atoms with Gasteiger partial charge in [-0.05, 0) is 19.1 Å². The second-order valence-electron chi connectivity index (χ2n) is 1.75. The summed E-state index contributed by atoms with van der Waals surface area (Å²) in [5.74, 6) is 0.944. The van der Waals surface area contributed by atoms with Crippen LogP contribution in [0.25, 0.3) is 0 Å². The van der Waals surface area contributed by atoms with Crippen LogP contribution in [0.3, 0.4) is 0 Å². The van der Waals surface area contributed by atoms with Gasteiger partial charge in [-0.3, -0.25) is 0 Å². The molecule has 0 atom stereocenters. The zero-order valence-electron chi connectivity index (χ0n) is 6.61. The Balaban J connectivity index is -0.000000270. The Morgan fingerprint density at radius 3 is 2.00 bits per heavy atom. The maximum Gasteiger partial charge on any atom is 2.00 e. The minimum Gasteiger partial charge on any atom is -1.00 e. The molecule has 0 bridgehead atoms. The zero-order valence-corrected chi connectivity index (χ0v) is 13.5. The molecule has 0 amide bonds. The van der Waals surface area contributed by atoms with E-state index in [9.17, 15) is 0 Å². The van der Waals surface area contributed by atoms with Crippen molar-refractivity contribution in [3.05, 3.63) is 30.3 Å². The number of hydrogen-bond donors (Lipinski definition) is 0. The summed E-state index contributed by atoms with van der Waals surface area (Å²) in [6.45, 7) is 2.72. The van der Waals surface area contributed by atoms with Crippen molar-refractivity contribution < 1.29 is 72.5 Å². The minimum atomic E-state index is 0. The van der Waals surface area contributed by atoms with Gasteiger partial charge in [-0.15, -0.1) is 0 Å². The third-order valence-electron chi connectivity index (χ3n) is 1.05. The minimum absolute atomic E-state index is 0. The molecule has 0 aromatic heterocycles. The van der Waals surface area contributed by atoms with Gasteiger partial charge in [0.1, 0.15) is 5.75 Å². The Morgan fingerprint density at radius 2 is 1.58 bits per heavy atom. The maximum absolute atomic E-state index is 5.21. The van der Waals surface area contributed by atoms with Crippen molar-refractivity contribution in [1.29, 1.82) is 0 Å². The molecular weight excluding hydrogens is 556 g/mol. The third-order valence-corrected chi connectivity index (χ3v) is 1.05. The molecule has 0 unspecified atom stereocenters. The fraction of sp³-hybridized carbons (Fsp3) is 0.250. The van der Waals surface area contributed by atoms with Gasteiger partial charge in [0.2, 0.25) is 0 Å². The van der Waals surface area contributed by atoms with Crippen molar-refractivity contribution in [3.63, 3.8) is 0 Å². The molecule has 0 N–H and O–H groups in total. The van der Waals surface area contributed by atoms with E-state index in [0.29, 0.717) is 0 Å². The van der Waals surface area contributed by atoms with Crippen LogP contribution in [0.2, 0.25) is 0 Å². The molecule has 12 heavy (non-hydrogen) atoms. The molecule has 0 heterocycles. The topological polar surface area (TPSA) is 9.23 Å². The van der Waals surface area contributed by atoms with Crippen LogP contribution in [-0.2, 0) is 19.8 Å². The van der Waals surface area contributed by atoms with Crippen LogP contribution in [-0.4, -0.2) is 6.61 Å². The van der Waals surface area contributed by atoms with E-state index in [1.54, 1.807) is 0 Å². The Morgan fingerprint density at radius 1 is 1.08 bits per heavy atom. The summed E-state index contributed by atoms with van der Waals surface area (Å²) in [5.41, 5.74) is 0. The zero-order chi connectivity index (χ0) is 6.53. The second-order valence-corrected chi connectivity index (χ2v) is 1.75. The number of hydrogen-bond acceptors (Lipinski definition) is 1. The fourth-order valence-electron chi connectivity index (χ4n) is 0.683. The normalized spacial score (nSPS) is 6.75. The molecule has 1 aromatic rings. The maximum atomic E-state index is 5.21. The molecule has 0 aliphatic carbocycles. The molecule has 1 nitrogen and oxygen atoms in total. The molecular formula is C8H10I2OOs. The predicted molar refractivity (Wildman–Crippen MR) is 37.6 cm³/mol. The molecule has 1 rings (SSSR count). The average molecular weight is 566 g/mol. The Bertz CT molecular complexity index is 170. The first-order valence-corrected chi connectivity index (χ1v) is 3.11. The van der Waals surface area contributed by atoms with Crippen LogP contribution in [0.15, 0.2) is 30.3 Å². The van der Waals surface area contributed by atoms with Crippen molar-refractivity contribution in [3.8, 4) is 5.75 Å². The van der Waals surface area contributed by atoms with Crippen molar-refractivity contribution in [2.24, 2.45) is 0 Å². The molecule has 0 fully saturated rings. The van der Waals surface area contributed by atoms with Gasteiger partial charge in [0.15, 0.2) is 0 Å².